The second-order valence-corrected chi connectivity index (χ2v) is 7.59. The molecule has 0 fully saturated rings. The molecule has 0 saturated heterocycles. The number of benzene rings is 2. The van der Waals surface area contributed by atoms with Crippen molar-refractivity contribution in [1.29, 1.82) is 0 Å². The van der Waals surface area contributed by atoms with E-state index in [1.807, 2.05) is 0 Å². The van der Waals surface area contributed by atoms with E-state index in [9.17, 15) is 9.18 Å². The number of anilines is 1. The predicted molar refractivity (Wildman–Crippen MR) is 117 cm³/mol. The Balaban J connectivity index is 1.79. The number of rotatable bonds is 7. The number of nitrogens with one attached hydrogen (secondary N) is 1. The quantitative estimate of drug-likeness (QED) is 0.504. The SMILES string of the molecule is COc1cc(C=Cc2nnc(NC(=O)c3ccc(F)cc3)s2)c(Br)c(OC)c1OC. The summed E-state index contributed by atoms with van der Waals surface area (Å²) in [6.45, 7) is 0. The molecule has 7 nitrogen and oxygen atoms in total. The van der Waals surface area contributed by atoms with Crippen LogP contribution in [-0.4, -0.2) is 37.4 Å². The molecular formula is C20H17BrFN3O4S. The molecule has 0 aliphatic heterocycles. The van der Waals surface area contributed by atoms with Crippen molar-refractivity contribution in [2.45, 2.75) is 0 Å². The molecular weight excluding hydrogens is 477 g/mol. The minimum Gasteiger partial charge on any atom is -0.493 e. The fourth-order valence-electron chi connectivity index (χ4n) is 2.55. The summed E-state index contributed by atoms with van der Waals surface area (Å²) in [6.07, 6.45) is 3.55. The largest absolute Gasteiger partial charge is 0.493 e. The van der Waals surface area contributed by atoms with Crippen LogP contribution in [0.15, 0.2) is 34.8 Å². The standard InChI is InChI=1S/C20H17BrFN3O4S/c1-27-14-10-12(16(21)18(29-3)17(14)28-2)6-9-15-24-25-20(30-15)23-19(26)11-4-7-13(22)8-5-11/h4-10H,1-3H3,(H,23,25,26). The molecule has 0 aliphatic carbocycles. The first kappa shape index (κ1) is 21.7. The van der Waals surface area contributed by atoms with E-state index in [1.54, 1.807) is 25.3 Å². The highest BCUT2D eigenvalue weighted by atomic mass is 79.9. The van der Waals surface area contributed by atoms with Crippen LogP contribution in [0.4, 0.5) is 9.52 Å². The number of ether oxygens (including phenoxy) is 3. The van der Waals surface area contributed by atoms with Crippen molar-refractivity contribution in [3.8, 4) is 17.2 Å². The Labute approximate surface area is 184 Å². The second kappa shape index (κ2) is 9.68. The second-order valence-electron chi connectivity index (χ2n) is 5.79. The van der Waals surface area contributed by atoms with Crippen molar-refractivity contribution in [2.24, 2.45) is 0 Å². The van der Waals surface area contributed by atoms with Gasteiger partial charge < -0.3 is 14.2 Å². The van der Waals surface area contributed by atoms with Gasteiger partial charge in [0.05, 0.1) is 25.8 Å². The van der Waals surface area contributed by atoms with Crippen molar-refractivity contribution < 1.29 is 23.4 Å². The highest BCUT2D eigenvalue weighted by molar-refractivity contribution is 9.10. The Kier molecular flexibility index (Phi) is 7.01. The number of carbonyl (C=O) groups is 1. The first-order chi connectivity index (χ1) is 14.5. The maximum atomic E-state index is 13.0. The molecule has 3 rings (SSSR count). The van der Waals surface area contributed by atoms with Gasteiger partial charge in [-0.25, -0.2) is 4.39 Å². The summed E-state index contributed by atoms with van der Waals surface area (Å²) in [5, 5.41) is 11.5. The average molecular weight is 494 g/mol. The van der Waals surface area contributed by atoms with Crippen molar-refractivity contribution in [3.05, 3.63) is 56.8 Å². The number of hydrogen-bond acceptors (Lipinski definition) is 7. The number of nitrogens with zero attached hydrogens (tertiary/aromatic N) is 2. The normalized spacial score (nSPS) is 10.8. The summed E-state index contributed by atoms with van der Waals surface area (Å²) in [5.41, 5.74) is 1.10. The maximum absolute atomic E-state index is 13.0. The van der Waals surface area contributed by atoms with Gasteiger partial charge in [0.25, 0.3) is 5.91 Å². The highest BCUT2D eigenvalue weighted by Gasteiger charge is 2.18. The lowest BCUT2D eigenvalue weighted by atomic mass is 10.1. The molecule has 1 heterocycles. The van der Waals surface area contributed by atoms with Crippen molar-refractivity contribution >= 4 is 50.5 Å². The molecule has 1 amide bonds. The first-order valence-electron chi connectivity index (χ1n) is 8.53. The highest BCUT2D eigenvalue weighted by Crippen LogP contribution is 2.45. The van der Waals surface area contributed by atoms with Crippen molar-refractivity contribution in [1.82, 2.24) is 10.2 Å². The van der Waals surface area contributed by atoms with Crippen LogP contribution in [0, 0.1) is 5.82 Å². The Morgan fingerprint density at radius 2 is 1.77 bits per heavy atom. The van der Waals surface area contributed by atoms with E-state index in [0.29, 0.717) is 37.4 Å². The summed E-state index contributed by atoms with van der Waals surface area (Å²) < 4.78 is 29.8. The maximum Gasteiger partial charge on any atom is 0.257 e. The van der Waals surface area contributed by atoms with Crippen LogP contribution in [0.25, 0.3) is 12.2 Å². The van der Waals surface area contributed by atoms with Gasteiger partial charge in [-0.2, -0.15) is 0 Å². The van der Waals surface area contributed by atoms with Gasteiger partial charge in [-0.05, 0) is 57.9 Å². The molecule has 0 unspecified atom stereocenters. The van der Waals surface area contributed by atoms with E-state index in [1.165, 1.54) is 49.8 Å². The van der Waals surface area contributed by atoms with Crippen LogP contribution in [0.1, 0.15) is 20.9 Å². The number of amides is 1. The molecule has 0 spiro atoms. The van der Waals surface area contributed by atoms with E-state index in [4.69, 9.17) is 14.2 Å². The predicted octanol–water partition coefficient (Wildman–Crippen LogP) is 4.89. The fraction of sp³-hybridized carbons (Fsp3) is 0.150. The van der Waals surface area contributed by atoms with Crippen LogP contribution >= 0.6 is 27.3 Å². The molecule has 0 saturated carbocycles. The molecule has 30 heavy (non-hydrogen) atoms. The Bertz CT molecular complexity index is 1090. The Morgan fingerprint density at radius 3 is 2.40 bits per heavy atom. The number of halogens is 2. The minimum atomic E-state index is -0.409. The Hall–Kier alpha value is -2.98. The molecule has 0 aliphatic rings. The lowest BCUT2D eigenvalue weighted by molar-refractivity contribution is 0.102. The third-order valence-electron chi connectivity index (χ3n) is 3.97. The lowest BCUT2D eigenvalue weighted by Crippen LogP contribution is -2.11. The molecule has 0 atom stereocenters. The van der Waals surface area contributed by atoms with Gasteiger partial charge in [0, 0.05) is 5.56 Å². The third-order valence-corrected chi connectivity index (χ3v) is 5.59. The molecule has 1 aromatic heterocycles. The number of methoxy groups -OCH3 is 3. The van der Waals surface area contributed by atoms with Crippen LogP contribution < -0.4 is 19.5 Å². The van der Waals surface area contributed by atoms with Gasteiger partial charge in [0.15, 0.2) is 11.5 Å². The number of hydrogen-bond donors (Lipinski definition) is 1. The van der Waals surface area contributed by atoms with Gasteiger partial charge in [0.1, 0.15) is 10.8 Å². The van der Waals surface area contributed by atoms with Gasteiger partial charge in [-0.15, -0.1) is 10.2 Å². The fourth-order valence-corrected chi connectivity index (χ4v) is 3.78. The van der Waals surface area contributed by atoms with Crippen LogP contribution in [-0.2, 0) is 0 Å². The van der Waals surface area contributed by atoms with Gasteiger partial charge in [0.2, 0.25) is 10.9 Å². The molecule has 156 valence electrons. The van der Waals surface area contributed by atoms with Crippen molar-refractivity contribution in [3.63, 3.8) is 0 Å². The van der Waals surface area contributed by atoms with Crippen LogP contribution in [0.5, 0.6) is 17.2 Å². The molecule has 2 aromatic carbocycles. The van der Waals surface area contributed by atoms with Gasteiger partial charge in [-0.3, -0.25) is 10.1 Å². The third kappa shape index (κ3) is 4.77. The molecule has 0 bridgehead atoms. The van der Waals surface area contributed by atoms with Gasteiger partial charge >= 0.3 is 0 Å². The molecule has 0 radical (unpaired) electrons. The topological polar surface area (TPSA) is 82.6 Å². The van der Waals surface area contributed by atoms with Crippen molar-refractivity contribution in [2.75, 3.05) is 26.6 Å². The van der Waals surface area contributed by atoms with E-state index in [0.717, 1.165) is 5.56 Å². The lowest BCUT2D eigenvalue weighted by Gasteiger charge is -2.15. The van der Waals surface area contributed by atoms with Crippen LogP contribution in [0.2, 0.25) is 0 Å². The monoisotopic (exact) mass is 493 g/mol. The van der Waals surface area contributed by atoms with Gasteiger partial charge in [-0.1, -0.05) is 17.4 Å². The van der Waals surface area contributed by atoms with Crippen LogP contribution in [0.3, 0.4) is 0 Å². The van der Waals surface area contributed by atoms with E-state index in [2.05, 4.69) is 31.4 Å². The zero-order chi connectivity index (χ0) is 21.7. The summed E-state index contributed by atoms with van der Waals surface area (Å²) in [5.74, 6) is 0.690. The molecule has 1 N–H and O–H groups in total. The Morgan fingerprint density at radius 1 is 1.07 bits per heavy atom. The zero-order valence-electron chi connectivity index (χ0n) is 16.2. The minimum absolute atomic E-state index is 0.324. The first-order valence-corrected chi connectivity index (χ1v) is 10.1. The van der Waals surface area contributed by atoms with E-state index in [-0.39, 0.29) is 0 Å². The summed E-state index contributed by atoms with van der Waals surface area (Å²) in [7, 11) is 4.61. The van der Waals surface area contributed by atoms with E-state index < -0.39 is 11.7 Å². The average Bonchev–Trinajstić information content (AvgIpc) is 3.20. The number of aromatic nitrogens is 2. The number of carbonyl (C=O) groups excluding carboxylic acids is 1. The molecule has 3 aromatic rings. The summed E-state index contributed by atoms with van der Waals surface area (Å²) in [6, 6.07) is 7.03. The van der Waals surface area contributed by atoms with E-state index >= 15 is 0 Å². The summed E-state index contributed by atoms with van der Waals surface area (Å²) >= 11 is 4.70. The molecule has 10 heteroatoms. The summed E-state index contributed by atoms with van der Waals surface area (Å²) in [4.78, 5) is 12.2. The smallest absolute Gasteiger partial charge is 0.257 e. The zero-order valence-corrected chi connectivity index (χ0v) is 18.6.